The molecule has 4 nitrogen and oxygen atoms in total. The van der Waals surface area contributed by atoms with Crippen LogP contribution in [0.15, 0.2) is 181 Å². The van der Waals surface area contributed by atoms with Crippen molar-refractivity contribution < 1.29 is 0 Å². The van der Waals surface area contributed by atoms with Crippen LogP contribution in [0.4, 0.5) is 0 Å². The lowest BCUT2D eigenvalue weighted by atomic mass is 9.82. The summed E-state index contributed by atoms with van der Waals surface area (Å²) in [7, 11) is 0. The lowest BCUT2D eigenvalue weighted by Gasteiger charge is -2.20. The molecule has 274 valence electrons. The Hall–Kier alpha value is -7.43. The van der Waals surface area contributed by atoms with Crippen molar-refractivity contribution in [3.8, 4) is 44.5 Å². The first kappa shape index (κ1) is 33.9. The highest BCUT2D eigenvalue weighted by Gasteiger charge is 2.31. The third-order valence-electron chi connectivity index (χ3n) is 11.8. The largest absolute Gasteiger partial charge is 0.379 e. The molecule has 0 spiro atoms. The molecule has 7 aromatic carbocycles. The van der Waals surface area contributed by atoms with Crippen molar-refractivity contribution in [2.24, 2.45) is 4.99 Å². The summed E-state index contributed by atoms with van der Waals surface area (Å²) in [6, 6.07) is 52.7. The molecule has 3 aliphatic rings. The van der Waals surface area contributed by atoms with E-state index >= 15 is 0 Å². The number of fused-ring (bicyclic) bond motifs is 5. The van der Waals surface area contributed by atoms with E-state index in [1.54, 1.807) is 6.21 Å². The lowest BCUT2D eigenvalue weighted by molar-refractivity contribution is 0.871. The van der Waals surface area contributed by atoms with Crippen molar-refractivity contribution in [2.45, 2.75) is 12.5 Å². The van der Waals surface area contributed by atoms with Gasteiger partial charge in [0, 0.05) is 18.1 Å². The van der Waals surface area contributed by atoms with Crippen LogP contribution in [-0.2, 0) is 0 Å². The molecule has 0 saturated carbocycles. The smallest absolute Gasteiger partial charge is 0.0946 e. The maximum Gasteiger partial charge on any atom is 0.0946 e. The van der Waals surface area contributed by atoms with Gasteiger partial charge in [-0.25, -0.2) is 4.98 Å². The Bertz CT molecular complexity index is 3050. The third kappa shape index (κ3) is 5.64. The van der Waals surface area contributed by atoms with Gasteiger partial charge in [0.1, 0.15) is 0 Å². The normalized spacial score (nSPS) is 15.5. The van der Waals surface area contributed by atoms with Gasteiger partial charge in [-0.1, -0.05) is 152 Å². The number of dihydropyridines is 2. The number of hydrogen-bond acceptors (Lipinski definition) is 4. The van der Waals surface area contributed by atoms with Crippen LogP contribution in [-0.4, -0.2) is 29.5 Å². The number of hydrogen-bond donors (Lipinski definition) is 2. The van der Waals surface area contributed by atoms with Crippen LogP contribution in [0.5, 0.6) is 0 Å². The van der Waals surface area contributed by atoms with E-state index in [1.165, 1.54) is 77.2 Å². The summed E-state index contributed by atoms with van der Waals surface area (Å²) in [5.41, 5.74) is 17.1. The molecule has 1 unspecified atom stereocenters. The van der Waals surface area contributed by atoms with Gasteiger partial charge in [0.2, 0.25) is 0 Å². The topological polar surface area (TPSA) is 61.1 Å². The van der Waals surface area contributed by atoms with Crippen LogP contribution >= 0.6 is 0 Å². The van der Waals surface area contributed by atoms with Crippen molar-refractivity contribution in [3.63, 3.8) is 0 Å². The fourth-order valence-corrected chi connectivity index (χ4v) is 9.12. The first-order valence-corrected chi connectivity index (χ1v) is 20.0. The number of rotatable bonds is 7. The Morgan fingerprint density at radius 2 is 1.31 bits per heavy atom. The molecule has 8 aromatic rings. The number of allylic oxidation sites excluding steroid dienone is 3. The van der Waals surface area contributed by atoms with E-state index in [-0.39, 0.29) is 6.04 Å². The Kier molecular flexibility index (Phi) is 8.14. The molecule has 0 fully saturated rings. The highest BCUT2D eigenvalue weighted by Crippen LogP contribution is 2.58. The maximum atomic E-state index is 8.48. The molecule has 0 radical (unpaired) electrons. The molecule has 0 bridgehead atoms. The van der Waals surface area contributed by atoms with Gasteiger partial charge < -0.3 is 10.7 Å². The van der Waals surface area contributed by atoms with Crippen molar-refractivity contribution in [1.29, 1.82) is 5.41 Å². The van der Waals surface area contributed by atoms with Crippen LogP contribution in [0.1, 0.15) is 23.2 Å². The molecule has 3 heterocycles. The lowest BCUT2D eigenvalue weighted by Crippen LogP contribution is -2.19. The number of benzene rings is 7. The molecule has 2 N–H and O–H groups in total. The molecule has 0 saturated heterocycles. The number of aliphatic imine (C=N–C) groups is 1. The fourth-order valence-electron chi connectivity index (χ4n) is 9.12. The molecule has 1 aliphatic carbocycles. The zero-order valence-corrected chi connectivity index (χ0v) is 31.8. The molecular weight excluding hydrogens is 705 g/mol. The highest BCUT2D eigenvalue weighted by molar-refractivity contribution is 6.28. The van der Waals surface area contributed by atoms with E-state index in [9.17, 15) is 0 Å². The predicted octanol–water partition coefficient (Wildman–Crippen LogP) is 13.0. The zero-order chi connectivity index (χ0) is 38.6. The summed E-state index contributed by atoms with van der Waals surface area (Å²) in [5, 5.41) is 18.4. The van der Waals surface area contributed by atoms with E-state index in [0.29, 0.717) is 12.3 Å². The number of nitrogens with zero attached hydrogens (tertiary/aromatic N) is 2. The second kappa shape index (κ2) is 13.9. The quantitative estimate of drug-likeness (QED) is 0.160. The second-order valence-corrected chi connectivity index (χ2v) is 15.2. The summed E-state index contributed by atoms with van der Waals surface area (Å²) in [4.78, 5) is 9.52. The molecule has 1 atom stereocenters. The molecule has 4 heteroatoms. The average molecular weight is 743 g/mol. The fraction of sp³-hybridized carbons (Fsp3) is 0.0556. The Balaban J connectivity index is 0.993. The number of pyridine rings is 1. The Labute approximate surface area is 337 Å². The van der Waals surface area contributed by atoms with Crippen LogP contribution in [0.2, 0.25) is 0 Å². The SMILES string of the molecule is N=C(/C=C\c1ccc2ccc(C3=CC=C(c4ccc5c6c(cccc46)-c4c-5c(-c5ccccc5)c5ccccc5c4-c4ccccc4)CN3)nc2c1)C1CC=CC=N1. The highest BCUT2D eigenvalue weighted by atomic mass is 14.9. The summed E-state index contributed by atoms with van der Waals surface area (Å²) in [6.07, 6.45) is 14.8. The van der Waals surface area contributed by atoms with Gasteiger partial charge >= 0.3 is 0 Å². The van der Waals surface area contributed by atoms with Crippen LogP contribution < -0.4 is 5.32 Å². The molecule has 11 rings (SSSR count). The van der Waals surface area contributed by atoms with Crippen LogP contribution in [0.25, 0.3) is 94.3 Å². The zero-order valence-electron chi connectivity index (χ0n) is 31.8. The van der Waals surface area contributed by atoms with Crippen LogP contribution in [0, 0.1) is 5.41 Å². The number of aromatic nitrogens is 1. The average Bonchev–Trinajstić information content (AvgIpc) is 3.62. The van der Waals surface area contributed by atoms with Crippen molar-refractivity contribution in [1.82, 2.24) is 10.3 Å². The van der Waals surface area contributed by atoms with Crippen molar-refractivity contribution in [3.05, 3.63) is 193 Å². The Morgan fingerprint density at radius 1 is 0.638 bits per heavy atom. The molecular formula is C54H38N4. The van der Waals surface area contributed by atoms with Gasteiger partial charge in [-0.2, -0.15) is 0 Å². The monoisotopic (exact) mass is 742 g/mol. The summed E-state index contributed by atoms with van der Waals surface area (Å²) >= 11 is 0. The van der Waals surface area contributed by atoms with Crippen molar-refractivity contribution >= 4 is 61.7 Å². The third-order valence-corrected chi connectivity index (χ3v) is 11.8. The molecule has 1 aromatic heterocycles. The Morgan fingerprint density at radius 3 is 2.00 bits per heavy atom. The maximum absolute atomic E-state index is 8.48. The van der Waals surface area contributed by atoms with Gasteiger partial charge in [0.05, 0.1) is 28.7 Å². The standard InChI is InChI=1S/C54H38N4/c55-45(46-20-9-10-31-56-46)28-22-34-21-23-35-24-30-48(58-49(35)32-34)47-29-25-38(33-57-47)39-26-27-44-52-40(39)18-11-19-43(52)53-50(36-12-3-1-4-13-36)41-16-7-8-17-42(41)51(54(44)53)37-14-5-2-6-15-37/h1-19,21-32,46,55,57H,20,33H2/b28-22-,55-45?. The van der Waals surface area contributed by atoms with E-state index < -0.39 is 0 Å². The molecule has 58 heavy (non-hydrogen) atoms. The van der Waals surface area contributed by atoms with Gasteiger partial charge in [-0.05, 0) is 120 Å². The first-order valence-electron chi connectivity index (χ1n) is 20.0. The number of nitrogens with one attached hydrogen (secondary N) is 2. The summed E-state index contributed by atoms with van der Waals surface area (Å²) < 4.78 is 0. The first-order chi connectivity index (χ1) is 28.7. The van der Waals surface area contributed by atoms with Gasteiger partial charge in [-0.15, -0.1) is 0 Å². The molecule has 2 aliphatic heterocycles. The van der Waals surface area contributed by atoms with E-state index in [2.05, 4.69) is 174 Å². The minimum absolute atomic E-state index is 0.115. The van der Waals surface area contributed by atoms with Gasteiger partial charge in [-0.3, -0.25) is 4.99 Å². The van der Waals surface area contributed by atoms with Crippen LogP contribution in [0.3, 0.4) is 0 Å². The predicted molar refractivity (Wildman–Crippen MR) is 245 cm³/mol. The summed E-state index contributed by atoms with van der Waals surface area (Å²) in [5.74, 6) is 0. The van der Waals surface area contributed by atoms with E-state index in [0.717, 1.165) is 34.3 Å². The van der Waals surface area contributed by atoms with E-state index in [1.807, 2.05) is 18.2 Å². The second-order valence-electron chi connectivity index (χ2n) is 15.2. The van der Waals surface area contributed by atoms with Gasteiger partial charge in [0.25, 0.3) is 0 Å². The minimum atomic E-state index is -0.115. The van der Waals surface area contributed by atoms with E-state index in [4.69, 9.17) is 10.4 Å². The van der Waals surface area contributed by atoms with Crippen molar-refractivity contribution in [2.75, 3.05) is 6.54 Å². The summed E-state index contributed by atoms with van der Waals surface area (Å²) in [6.45, 7) is 0.690. The van der Waals surface area contributed by atoms with Gasteiger partial charge in [0.15, 0.2) is 0 Å². The minimum Gasteiger partial charge on any atom is -0.379 e. The molecule has 0 amide bonds.